The molecule has 2 spiro atoms. The summed E-state index contributed by atoms with van der Waals surface area (Å²) in [6.07, 6.45) is 32.1. The van der Waals surface area contributed by atoms with E-state index in [1.807, 2.05) is 0 Å². The number of nitrogens with zero attached hydrogens (tertiary/aromatic N) is 4. The SMILES string of the molecule is CCN1C(=CC=CC2=[N+](CC)c3ccc4ccccc4c3C23CCCCC3)C(C)(CCCCC2(C)C(=CC=CC3=[N+](CC)c4ccc5ccccc5c4C34CCCCC4)N(CC)c3ccc4ccccc4c32)c2c1ccc1ccccc21. The van der Waals surface area contributed by atoms with Crippen LogP contribution in [0.15, 0.2) is 193 Å². The number of hydrogen-bond acceptors (Lipinski definition) is 2. The molecule has 2 aliphatic carbocycles. The molecule has 0 radical (unpaired) electrons. The van der Waals surface area contributed by atoms with E-state index in [1.165, 1.54) is 164 Å². The van der Waals surface area contributed by atoms with E-state index >= 15 is 0 Å². The number of anilines is 2. The van der Waals surface area contributed by atoms with Crippen molar-refractivity contribution in [1.29, 1.82) is 0 Å². The number of allylic oxidation sites excluding steroid dienone is 8. The molecular weight excluding hydrogens is 993 g/mol. The molecule has 0 saturated heterocycles. The smallest absolute Gasteiger partial charge is 0.210 e. The second-order valence-corrected chi connectivity index (χ2v) is 25.4. The van der Waals surface area contributed by atoms with Gasteiger partial charge in [-0.25, -0.2) is 0 Å². The predicted molar refractivity (Wildman–Crippen MR) is 350 cm³/mol. The van der Waals surface area contributed by atoms with Gasteiger partial charge in [-0.15, -0.1) is 0 Å². The minimum atomic E-state index is -0.192. The zero-order valence-corrected chi connectivity index (χ0v) is 49.8. The van der Waals surface area contributed by atoms with Gasteiger partial charge in [0, 0.05) is 82.1 Å². The molecule has 2 saturated carbocycles. The van der Waals surface area contributed by atoms with Crippen LogP contribution >= 0.6 is 0 Å². The van der Waals surface area contributed by atoms with Crippen molar-refractivity contribution < 1.29 is 9.15 Å². The normalized spacial score (nSPS) is 22.8. The Morgan fingerprint density at radius 2 is 0.744 bits per heavy atom. The van der Waals surface area contributed by atoms with Crippen LogP contribution in [-0.4, -0.2) is 46.8 Å². The summed E-state index contributed by atoms with van der Waals surface area (Å²) in [5, 5.41) is 11.1. The van der Waals surface area contributed by atoms with Crippen LogP contribution in [0.4, 0.5) is 22.7 Å². The molecule has 8 aromatic carbocycles. The summed E-state index contributed by atoms with van der Waals surface area (Å²) in [7, 11) is 0. The zero-order chi connectivity index (χ0) is 55.8. The Morgan fingerprint density at radius 3 is 1.10 bits per heavy atom. The van der Waals surface area contributed by atoms with Gasteiger partial charge in [-0.1, -0.05) is 173 Å². The highest BCUT2D eigenvalue weighted by Crippen LogP contribution is 2.58. The fourth-order valence-electron chi connectivity index (χ4n) is 17.9. The fourth-order valence-corrected chi connectivity index (χ4v) is 17.9. The summed E-state index contributed by atoms with van der Waals surface area (Å²) >= 11 is 0. The van der Waals surface area contributed by atoms with E-state index in [-0.39, 0.29) is 21.7 Å². The van der Waals surface area contributed by atoms with Gasteiger partial charge in [0.1, 0.15) is 13.1 Å². The summed E-state index contributed by atoms with van der Waals surface area (Å²) in [6, 6.07) is 55.8. The van der Waals surface area contributed by atoms with Crippen molar-refractivity contribution in [3.63, 3.8) is 0 Å². The molecule has 14 rings (SSSR count). The van der Waals surface area contributed by atoms with E-state index in [0.29, 0.717) is 0 Å². The van der Waals surface area contributed by atoms with Gasteiger partial charge in [0.05, 0.1) is 10.8 Å². The Kier molecular flexibility index (Phi) is 13.4. The van der Waals surface area contributed by atoms with E-state index in [2.05, 4.69) is 243 Å². The third-order valence-electron chi connectivity index (χ3n) is 21.4. The largest absolute Gasteiger partial charge is 0.344 e. The Labute approximate surface area is 488 Å². The average molecular weight is 1080 g/mol. The quantitative estimate of drug-likeness (QED) is 0.0843. The Balaban J connectivity index is 0.830. The number of hydrogen-bond donors (Lipinski definition) is 0. The topological polar surface area (TPSA) is 12.5 Å². The third kappa shape index (κ3) is 7.89. The first-order valence-corrected chi connectivity index (χ1v) is 31.9. The van der Waals surface area contributed by atoms with Crippen LogP contribution in [0.3, 0.4) is 0 Å². The lowest BCUT2D eigenvalue weighted by atomic mass is 9.66. The van der Waals surface area contributed by atoms with Crippen molar-refractivity contribution in [3.05, 3.63) is 216 Å². The van der Waals surface area contributed by atoms with Crippen LogP contribution in [0, 0.1) is 0 Å². The van der Waals surface area contributed by atoms with Crippen LogP contribution in [0.2, 0.25) is 0 Å². The van der Waals surface area contributed by atoms with Gasteiger partial charge in [-0.2, -0.15) is 9.15 Å². The van der Waals surface area contributed by atoms with E-state index in [1.54, 1.807) is 11.1 Å². The summed E-state index contributed by atoms with van der Waals surface area (Å²) in [4.78, 5) is 5.32. The average Bonchev–Trinajstić information content (AvgIpc) is 4.09. The molecule has 2 fully saturated rings. The molecule has 4 aliphatic heterocycles. The Hall–Kier alpha value is -7.30. The highest BCUT2D eigenvalue weighted by atomic mass is 15.2. The molecule has 4 heterocycles. The Morgan fingerprint density at radius 1 is 0.402 bits per heavy atom. The molecule has 4 nitrogen and oxygen atoms in total. The van der Waals surface area contributed by atoms with Crippen LogP contribution in [0.1, 0.15) is 154 Å². The molecule has 0 aromatic heterocycles. The second-order valence-electron chi connectivity index (χ2n) is 25.4. The first-order valence-electron chi connectivity index (χ1n) is 31.9. The maximum absolute atomic E-state index is 2.67. The number of benzene rings is 8. The number of fused-ring (bicyclic) bond motifs is 14. The molecule has 0 bridgehead atoms. The van der Waals surface area contributed by atoms with Gasteiger partial charge in [-0.05, 0) is 171 Å². The fraction of sp³-hybridized carbons (Fsp3) is 0.359. The summed E-state index contributed by atoms with van der Waals surface area (Å²) in [5.41, 5.74) is 17.3. The first kappa shape index (κ1) is 52.8. The molecule has 2 unspecified atom stereocenters. The van der Waals surface area contributed by atoms with Crippen molar-refractivity contribution in [2.45, 2.75) is 153 Å². The highest BCUT2D eigenvalue weighted by molar-refractivity contribution is 6.10. The van der Waals surface area contributed by atoms with Crippen molar-refractivity contribution in [2.75, 3.05) is 36.0 Å². The maximum atomic E-state index is 2.67. The molecular formula is C78H84N4+2. The van der Waals surface area contributed by atoms with Crippen molar-refractivity contribution in [1.82, 2.24) is 0 Å². The number of rotatable bonds is 13. The first-order chi connectivity index (χ1) is 40.2. The van der Waals surface area contributed by atoms with Gasteiger partial charge in [0.2, 0.25) is 11.4 Å². The van der Waals surface area contributed by atoms with E-state index in [0.717, 1.165) is 51.9 Å². The predicted octanol–water partition coefficient (Wildman–Crippen LogP) is 19.7. The van der Waals surface area contributed by atoms with E-state index in [4.69, 9.17) is 0 Å². The Bertz CT molecular complexity index is 3790. The van der Waals surface area contributed by atoms with Gasteiger partial charge in [-0.3, -0.25) is 0 Å². The van der Waals surface area contributed by atoms with Crippen LogP contribution in [0.5, 0.6) is 0 Å². The summed E-state index contributed by atoms with van der Waals surface area (Å²) < 4.78 is 5.33. The minimum Gasteiger partial charge on any atom is -0.344 e. The molecule has 4 heteroatoms. The van der Waals surface area contributed by atoms with Crippen molar-refractivity contribution in [2.24, 2.45) is 0 Å². The monoisotopic (exact) mass is 1080 g/mol. The van der Waals surface area contributed by atoms with Gasteiger partial charge in [0.25, 0.3) is 0 Å². The molecule has 0 N–H and O–H groups in total. The lowest BCUT2D eigenvalue weighted by Gasteiger charge is -2.33. The van der Waals surface area contributed by atoms with Gasteiger partial charge in [0.15, 0.2) is 11.4 Å². The molecule has 2 atom stereocenters. The van der Waals surface area contributed by atoms with Crippen molar-refractivity contribution in [3.8, 4) is 0 Å². The number of unbranched alkanes of at least 4 members (excludes halogenated alkanes) is 1. The molecule has 0 amide bonds. The molecule has 6 aliphatic rings. The molecule has 82 heavy (non-hydrogen) atoms. The molecule has 8 aromatic rings. The molecule has 414 valence electrons. The number of likely N-dealkylation sites (N-methyl/N-ethyl adjacent to an activating group) is 2. The lowest BCUT2D eigenvalue weighted by molar-refractivity contribution is -0.433. The third-order valence-corrected chi connectivity index (χ3v) is 21.4. The van der Waals surface area contributed by atoms with Gasteiger partial charge >= 0.3 is 0 Å². The van der Waals surface area contributed by atoms with Crippen molar-refractivity contribution >= 4 is 77.3 Å². The lowest BCUT2D eigenvalue weighted by Crippen LogP contribution is -2.36. The minimum absolute atomic E-state index is 0.0305. The van der Waals surface area contributed by atoms with Crippen LogP contribution in [0.25, 0.3) is 43.1 Å². The summed E-state index contributed by atoms with van der Waals surface area (Å²) in [6.45, 7) is 18.4. The zero-order valence-electron chi connectivity index (χ0n) is 49.8. The van der Waals surface area contributed by atoms with E-state index < -0.39 is 0 Å². The summed E-state index contributed by atoms with van der Waals surface area (Å²) in [5.74, 6) is 0. The van der Waals surface area contributed by atoms with Crippen LogP contribution < -0.4 is 9.80 Å². The van der Waals surface area contributed by atoms with E-state index in [9.17, 15) is 0 Å². The standard InChI is InChI=1S/C78H84N4/c1-7-79-63-45-41-55-29-13-17-33-59(55)71(63)75(5,67(79)37-27-39-69-77(51-21-11-22-52-77)73-61-35-19-15-31-57(61)43-47-65(73)81(69)9-3)49-25-26-50-76(6)68(80(8-2)64-46-42-56-30-14-18-34-60(56)72(64)76)38-28-40-70-78(53-23-12-24-54-78)74-62-36-20-16-32-58(62)44-48-66(74)82(70)10-4/h13-20,27-48H,7-12,21-26,49-54H2,1-6H3/q+2. The highest BCUT2D eigenvalue weighted by Gasteiger charge is 2.54. The second kappa shape index (κ2) is 20.8. The van der Waals surface area contributed by atoms with Gasteiger partial charge < -0.3 is 9.80 Å². The van der Waals surface area contributed by atoms with Crippen LogP contribution in [-0.2, 0) is 21.7 Å². The maximum Gasteiger partial charge on any atom is 0.210 e.